The van der Waals surface area contributed by atoms with Crippen LogP contribution in [0, 0.1) is 0 Å². The molecule has 0 aromatic heterocycles. The standard InChI is InChI=1S/3C2H6N.O.W/c3*1-3-2;;/h3*1-2H3;;/q3*-1;;. The minimum absolute atomic E-state index is 0.333. The molecule has 0 radical (unpaired) electrons. The minimum atomic E-state index is 0.333. The molecule has 0 amide bonds. The van der Waals surface area contributed by atoms with Crippen LogP contribution in [0.5, 0.6) is 0 Å². The number of hydrogen-bond donors (Lipinski definition) is 0. The number of nitrogens with zero attached hydrogens (tertiary/aromatic N) is 3. The van der Waals surface area contributed by atoms with E-state index in [1.54, 1.807) is 42.3 Å². The second kappa shape index (κ2) is 80.2. The predicted molar refractivity (Wildman–Crippen MR) is 46.3 cm³/mol. The average Bonchev–Trinajstić information content (AvgIpc) is 1.96. The van der Waals surface area contributed by atoms with E-state index in [1.807, 2.05) is 0 Å². The van der Waals surface area contributed by atoms with Gasteiger partial charge >= 0.3 is 23.2 Å². The first kappa shape index (κ1) is 22.5. The summed E-state index contributed by atoms with van der Waals surface area (Å²) in [6.07, 6.45) is 0. The zero-order valence-corrected chi connectivity index (χ0v) is 11.1. The van der Waals surface area contributed by atoms with Crippen LogP contribution in [0.25, 0.3) is 16.0 Å². The Morgan fingerprint density at radius 2 is 0.636 bits per heavy atom. The molecular weight excluding hydrogens is 314 g/mol. The van der Waals surface area contributed by atoms with Gasteiger partial charge in [-0.3, -0.25) is 0 Å². The molecule has 0 heterocycles. The molecule has 0 bridgehead atoms. The van der Waals surface area contributed by atoms with E-state index in [-0.39, 0.29) is 0 Å². The Labute approximate surface area is 81.7 Å². The van der Waals surface area contributed by atoms with Gasteiger partial charge in [-0.2, -0.15) is 42.3 Å². The van der Waals surface area contributed by atoms with E-state index in [4.69, 9.17) is 3.40 Å². The van der Waals surface area contributed by atoms with Crippen molar-refractivity contribution in [2.75, 3.05) is 42.3 Å². The number of hydrogen-bond acceptors (Lipinski definition) is 1. The Morgan fingerprint density at radius 3 is 0.636 bits per heavy atom. The van der Waals surface area contributed by atoms with Gasteiger partial charge in [-0.15, -0.1) is 0 Å². The van der Waals surface area contributed by atoms with Crippen LogP contribution in [-0.4, -0.2) is 42.3 Å². The van der Waals surface area contributed by atoms with Gasteiger partial charge < -0.3 is 16.0 Å². The van der Waals surface area contributed by atoms with Crippen LogP contribution in [0.3, 0.4) is 0 Å². The van der Waals surface area contributed by atoms with E-state index in [2.05, 4.69) is 16.0 Å². The van der Waals surface area contributed by atoms with E-state index in [1.165, 1.54) is 0 Å². The van der Waals surface area contributed by atoms with E-state index < -0.39 is 0 Å². The van der Waals surface area contributed by atoms with E-state index in [0.717, 1.165) is 0 Å². The topological polar surface area (TPSA) is 59.4 Å². The van der Waals surface area contributed by atoms with Crippen molar-refractivity contribution in [2.24, 2.45) is 0 Å². The van der Waals surface area contributed by atoms with Gasteiger partial charge in [0, 0.05) is 0 Å². The third kappa shape index (κ3) is 5350. The third-order valence-corrected chi connectivity index (χ3v) is 0. The first-order valence-electron chi connectivity index (χ1n) is 2.85. The summed E-state index contributed by atoms with van der Waals surface area (Å²) in [5.74, 6) is 0. The molecule has 0 aromatic carbocycles. The Balaban J connectivity index is -0.0000000301. The summed E-state index contributed by atoms with van der Waals surface area (Å²) in [6.45, 7) is 0. The Morgan fingerprint density at radius 1 is 0.636 bits per heavy atom. The predicted octanol–water partition coefficient (Wildman–Crippen LogP) is 1.74. The molecule has 0 aliphatic carbocycles. The van der Waals surface area contributed by atoms with Crippen LogP contribution < -0.4 is 0 Å². The van der Waals surface area contributed by atoms with Gasteiger partial charge in [-0.1, -0.05) is 0 Å². The summed E-state index contributed by atoms with van der Waals surface area (Å²) in [4.78, 5) is 0. The molecule has 0 unspecified atom stereocenters. The maximum absolute atomic E-state index is 8.33. The monoisotopic (exact) mass is 332 g/mol. The van der Waals surface area contributed by atoms with Gasteiger partial charge in [0.25, 0.3) is 0 Å². The molecule has 0 aliphatic heterocycles. The van der Waals surface area contributed by atoms with Gasteiger partial charge in [-0.25, -0.2) is 0 Å². The second-order valence-electron chi connectivity index (χ2n) is 1.34. The summed E-state index contributed by atoms with van der Waals surface area (Å²) in [5.41, 5.74) is 0. The Kier molecular flexibility index (Phi) is 164. The van der Waals surface area contributed by atoms with Crippen molar-refractivity contribution in [2.45, 2.75) is 0 Å². The third-order valence-electron chi connectivity index (χ3n) is 0. The van der Waals surface area contributed by atoms with E-state index >= 15 is 0 Å². The first-order chi connectivity index (χ1) is 5.24. The van der Waals surface area contributed by atoms with Crippen molar-refractivity contribution in [1.82, 2.24) is 0 Å². The molecule has 0 aromatic rings. The Bertz CT molecular complexity index is 29.0. The van der Waals surface area contributed by atoms with Gasteiger partial charge in [0.1, 0.15) is 0 Å². The molecule has 0 saturated carbocycles. The summed E-state index contributed by atoms with van der Waals surface area (Å²) in [7, 11) is 10.5. The van der Waals surface area contributed by atoms with Crippen LogP contribution >= 0.6 is 0 Å². The molecule has 5 heteroatoms. The van der Waals surface area contributed by atoms with Crippen molar-refractivity contribution < 1.29 is 23.2 Å². The van der Waals surface area contributed by atoms with Crippen LogP contribution in [0.15, 0.2) is 0 Å². The molecular formula is C6H18N3OW-3. The van der Waals surface area contributed by atoms with Gasteiger partial charge in [0.2, 0.25) is 0 Å². The molecule has 0 spiro atoms. The fourth-order valence-corrected chi connectivity index (χ4v) is 0. The molecule has 72 valence electrons. The van der Waals surface area contributed by atoms with E-state index in [9.17, 15) is 0 Å². The molecule has 0 N–H and O–H groups in total. The summed E-state index contributed by atoms with van der Waals surface area (Å²) >= 11 is 0.333. The Hall–Kier alpha value is 0.368. The normalized spacial score (nSPS) is 5.27. The molecule has 11 heavy (non-hydrogen) atoms. The van der Waals surface area contributed by atoms with Crippen LogP contribution in [0.1, 0.15) is 0 Å². The molecule has 0 atom stereocenters. The molecule has 0 rings (SSSR count). The zero-order chi connectivity index (χ0) is 10.1. The zero-order valence-electron chi connectivity index (χ0n) is 8.16. The summed E-state index contributed by atoms with van der Waals surface area (Å²) in [6, 6.07) is 0. The van der Waals surface area contributed by atoms with Crippen LogP contribution in [0.2, 0.25) is 0 Å². The van der Waals surface area contributed by atoms with Gasteiger partial charge in [0.05, 0.1) is 0 Å². The second-order valence-corrected chi connectivity index (χ2v) is 1.34. The van der Waals surface area contributed by atoms with E-state index in [0.29, 0.717) is 19.8 Å². The average molecular weight is 332 g/mol. The molecule has 0 fully saturated rings. The summed E-state index contributed by atoms with van der Waals surface area (Å²) < 4.78 is 8.33. The fourth-order valence-electron chi connectivity index (χ4n) is 0. The van der Waals surface area contributed by atoms with Crippen LogP contribution in [0.4, 0.5) is 0 Å². The van der Waals surface area contributed by atoms with Crippen molar-refractivity contribution in [1.29, 1.82) is 0 Å². The maximum atomic E-state index is 8.33. The fraction of sp³-hybridized carbons (Fsp3) is 1.00. The number of rotatable bonds is 0. The molecule has 0 saturated heterocycles. The van der Waals surface area contributed by atoms with Gasteiger partial charge in [-0.05, 0) is 0 Å². The van der Waals surface area contributed by atoms with Crippen molar-refractivity contribution in [3.05, 3.63) is 16.0 Å². The van der Waals surface area contributed by atoms with Gasteiger partial charge in [0.15, 0.2) is 0 Å². The molecule has 0 aliphatic rings. The van der Waals surface area contributed by atoms with Crippen molar-refractivity contribution >= 4 is 0 Å². The van der Waals surface area contributed by atoms with Crippen molar-refractivity contribution in [3.8, 4) is 0 Å². The molecule has 4 nitrogen and oxygen atoms in total. The quantitative estimate of drug-likeness (QED) is 0.667. The first-order valence-corrected chi connectivity index (χ1v) is 4.05. The van der Waals surface area contributed by atoms with Crippen molar-refractivity contribution in [3.63, 3.8) is 0 Å². The van der Waals surface area contributed by atoms with Crippen LogP contribution in [-0.2, 0) is 23.2 Å². The summed E-state index contributed by atoms with van der Waals surface area (Å²) in [5, 5.41) is 10.5. The SMILES string of the molecule is C[N-]C.C[N-]C.C[N-]C.[O]=[W].